The van der Waals surface area contributed by atoms with Gasteiger partial charge in [0.2, 0.25) is 0 Å². The van der Waals surface area contributed by atoms with Crippen molar-refractivity contribution in [3.8, 4) is 5.75 Å². The van der Waals surface area contributed by atoms with Gasteiger partial charge in [0, 0.05) is 43.2 Å². The average Bonchev–Trinajstić information content (AvgIpc) is 3.26. The van der Waals surface area contributed by atoms with Gasteiger partial charge in [-0.3, -0.25) is 0 Å². The first-order valence-electron chi connectivity index (χ1n) is 11.6. The number of nitrogens with one attached hydrogen (secondary N) is 1. The number of rotatable bonds is 3. The van der Waals surface area contributed by atoms with Crippen LogP contribution in [-0.2, 0) is 6.42 Å². The van der Waals surface area contributed by atoms with Crippen LogP contribution in [0.2, 0.25) is 0 Å². The smallest absolute Gasteiger partial charge is 0.115 e. The number of aromatic hydroxyl groups is 1. The molecular weight excluding hydrogens is 380 g/mol. The first kappa shape index (κ1) is 18.9. The lowest BCUT2D eigenvalue weighted by Gasteiger charge is -2.39. The fourth-order valence-corrected chi connectivity index (χ4v) is 6.09. The molecule has 2 aliphatic heterocycles. The van der Waals surface area contributed by atoms with E-state index < -0.39 is 0 Å². The lowest BCUT2D eigenvalue weighted by molar-refractivity contribution is 0.200. The van der Waals surface area contributed by atoms with E-state index in [4.69, 9.17) is 0 Å². The van der Waals surface area contributed by atoms with Gasteiger partial charge in [-0.1, -0.05) is 48.5 Å². The van der Waals surface area contributed by atoms with Crippen molar-refractivity contribution in [2.45, 2.75) is 31.1 Å². The molecule has 3 aromatic carbocycles. The Hall–Kier alpha value is -2.78. The number of phenols is 1. The van der Waals surface area contributed by atoms with Crippen LogP contribution in [0.15, 0.2) is 72.8 Å². The number of benzene rings is 3. The summed E-state index contributed by atoms with van der Waals surface area (Å²) in [6.45, 7) is 4.69. The van der Waals surface area contributed by atoms with Gasteiger partial charge >= 0.3 is 0 Å². The van der Waals surface area contributed by atoms with Crippen LogP contribution in [0.5, 0.6) is 5.75 Å². The Bertz CT molecular complexity index is 1070. The second kappa shape index (κ2) is 7.42. The van der Waals surface area contributed by atoms with E-state index in [9.17, 15) is 5.11 Å². The molecule has 2 atom stereocenters. The summed E-state index contributed by atoms with van der Waals surface area (Å²) in [6, 6.07) is 26.3. The van der Waals surface area contributed by atoms with Gasteiger partial charge in [-0.15, -0.1) is 0 Å². The van der Waals surface area contributed by atoms with E-state index in [1.54, 1.807) is 0 Å². The predicted octanol–water partition coefficient (Wildman–Crippen LogP) is 5.05. The third-order valence-electron chi connectivity index (χ3n) is 7.87. The fraction of sp³-hybridized carbons (Fsp3) is 0.357. The van der Waals surface area contributed by atoms with Gasteiger partial charge in [0.25, 0.3) is 0 Å². The fourth-order valence-electron chi connectivity index (χ4n) is 6.09. The first-order chi connectivity index (χ1) is 15.2. The van der Waals surface area contributed by atoms with Crippen molar-refractivity contribution in [2.24, 2.45) is 5.41 Å². The van der Waals surface area contributed by atoms with Crippen LogP contribution in [0.3, 0.4) is 0 Å². The zero-order valence-electron chi connectivity index (χ0n) is 17.9. The molecule has 3 aliphatic rings. The van der Waals surface area contributed by atoms with Gasteiger partial charge < -0.3 is 15.3 Å². The molecule has 0 radical (unpaired) electrons. The van der Waals surface area contributed by atoms with Crippen molar-refractivity contribution < 1.29 is 5.11 Å². The average molecular weight is 411 g/mol. The Balaban J connectivity index is 1.35. The molecule has 2 N–H and O–H groups in total. The molecule has 0 saturated carbocycles. The van der Waals surface area contributed by atoms with Crippen LogP contribution >= 0.6 is 0 Å². The Morgan fingerprint density at radius 2 is 1.71 bits per heavy atom. The molecule has 6 rings (SSSR count). The number of anilines is 1. The number of hydrogen-bond donors (Lipinski definition) is 2. The number of fused-ring (bicyclic) bond motifs is 1. The Labute approximate surface area is 184 Å². The Morgan fingerprint density at radius 3 is 2.42 bits per heavy atom. The lowest BCUT2D eigenvalue weighted by atomic mass is 9.69. The third kappa shape index (κ3) is 3.32. The zero-order chi connectivity index (χ0) is 20.8. The van der Waals surface area contributed by atoms with Crippen molar-refractivity contribution in [3.63, 3.8) is 0 Å². The molecule has 3 heteroatoms. The van der Waals surface area contributed by atoms with Crippen molar-refractivity contribution in [3.05, 3.63) is 95.1 Å². The number of aryl methyl sites for hydroxylation is 1. The summed E-state index contributed by atoms with van der Waals surface area (Å²) in [5.41, 5.74) is 7.32. The quantitative estimate of drug-likeness (QED) is 0.634. The molecule has 0 bridgehead atoms. The van der Waals surface area contributed by atoms with Gasteiger partial charge in [-0.05, 0) is 71.7 Å². The molecule has 2 fully saturated rings. The standard InChI is InChI=1S/C28H30N2O/c31-24-11-13-26-22(16-24)8-12-25(20-4-2-1-3-5-20)27(26)21-6-9-23(10-7-21)30-15-14-28(19-30)17-29-18-28/h1-7,9-11,13,16,25,27,29,31H,8,12,14-15,17-19H2/t25-,27+/m1/s1. The van der Waals surface area contributed by atoms with E-state index in [2.05, 4.69) is 70.9 Å². The van der Waals surface area contributed by atoms with Crippen molar-refractivity contribution in [2.75, 3.05) is 31.1 Å². The van der Waals surface area contributed by atoms with Crippen LogP contribution in [0.1, 0.15) is 46.9 Å². The second-order valence-electron chi connectivity index (χ2n) is 9.78. The maximum Gasteiger partial charge on any atom is 0.115 e. The highest BCUT2D eigenvalue weighted by atomic mass is 16.3. The minimum absolute atomic E-state index is 0.321. The monoisotopic (exact) mass is 410 g/mol. The topological polar surface area (TPSA) is 35.5 Å². The van der Waals surface area contributed by atoms with Crippen LogP contribution in [0.4, 0.5) is 5.69 Å². The maximum atomic E-state index is 10.0. The molecule has 2 saturated heterocycles. The van der Waals surface area contributed by atoms with E-state index >= 15 is 0 Å². The molecule has 0 amide bonds. The summed E-state index contributed by atoms with van der Waals surface area (Å²) < 4.78 is 0. The summed E-state index contributed by atoms with van der Waals surface area (Å²) in [7, 11) is 0. The summed E-state index contributed by atoms with van der Waals surface area (Å²) in [6.07, 6.45) is 3.42. The molecule has 0 aromatic heterocycles. The minimum atomic E-state index is 0.321. The maximum absolute atomic E-state index is 10.0. The molecule has 31 heavy (non-hydrogen) atoms. The third-order valence-corrected chi connectivity index (χ3v) is 7.87. The van der Waals surface area contributed by atoms with Gasteiger partial charge in [0.15, 0.2) is 0 Å². The normalized spacial score (nSPS) is 24.1. The van der Waals surface area contributed by atoms with Gasteiger partial charge in [-0.25, -0.2) is 0 Å². The highest BCUT2D eigenvalue weighted by Gasteiger charge is 2.43. The zero-order valence-corrected chi connectivity index (χ0v) is 17.9. The Kier molecular flexibility index (Phi) is 4.53. The van der Waals surface area contributed by atoms with Gasteiger partial charge in [-0.2, -0.15) is 0 Å². The van der Waals surface area contributed by atoms with E-state index in [1.807, 2.05) is 12.1 Å². The summed E-state index contributed by atoms with van der Waals surface area (Å²) in [5.74, 6) is 1.15. The molecular formula is C28H30N2O. The van der Waals surface area contributed by atoms with E-state index in [-0.39, 0.29) is 0 Å². The molecule has 1 aliphatic carbocycles. The van der Waals surface area contributed by atoms with E-state index in [0.717, 1.165) is 12.8 Å². The van der Waals surface area contributed by atoms with Crippen molar-refractivity contribution >= 4 is 5.69 Å². The number of hydrogen-bond acceptors (Lipinski definition) is 3. The highest BCUT2D eigenvalue weighted by Crippen LogP contribution is 2.47. The number of phenolic OH excluding ortho intramolecular Hbond substituents is 1. The minimum Gasteiger partial charge on any atom is -0.508 e. The summed E-state index contributed by atoms with van der Waals surface area (Å²) in [5, 5.41) is 13.5. The van der Waals surface area contributed by atoms with Gasteiger partial charge in [0.1, 0.15) is 5.75 Å². The summed E-state index contributed by atoms with van der Waals surface area (Å²) in [4.78, 5) is 2.56. The number of nitrogens with zero attached hydrogens (tertiary/aromatic N) is 1. The van der Waals surface area contributed by atoms with Crippen molar-refractivity contribution in [1.29, 1.82) is 0 Å². The largest absolute Gasteiger partial charge is 0.508 e. The highest BCUT2D eigenvalue weighted by molar-refractivity contribution is 5.53. The lowest BCUT2D eigenvalue weighted by Crippen LogP contribution is -2.54. The SMILES string of the molecule is Oc1ccc2c(c1)CC[C@H](c1ccccc1)[C@@H]2c1ccc(N2CCC3(CNC3)C2)cc1. The summed E-state index contributed by atoms with van der Waals surface area (Å²) >= 11 is 0. The van der Waals surface area contributed by atoms with E-state index in [1.165, 1.54) is 60.5 Å². The first-order valence-corrected chi connectivity index (χ1v) is 11.6. The predicted molar refractivity (Wildman–Crippen MR) is 126 cm³/mol. The molecule has 3 nitrogen and oxygen atoms in total. The van der Waals surface area contributed by atoms with E-state index in [0.29, 0.717) is 23.0 Å². The van der Waals surface area contributed by atoms with Crippen LogP contribution < -0.4 is 10.2 Å². The molecule has 3 aromatic rings. The molecule has 0 unspecified atom stereocenters. The second-order valence-corrected chi connectivity index (χ2v) is 9.78. The van der Waals surface area contributed by atoms with Crippen molar-refractivity contribution in [1.82, 2.24) is 5.32 Å². The van der Waals surface area contributed by atoms with Crippen LogP contribution in [0.25, 0.3) is 0 Å². The molecule has 1 spiro atoms. The van der Waals surface area contributed by atoms with Crippen LogP contribution in [-0.4, -0.2) is 31.3 Å². The Morgan fingerprint density at radius 1 is 0.903 bits per heavy atom. The van der Waals surface area contributed by atoms with Crippen LogP contribution in [0, 0.1) is 5.41 Å². The molecule has 158 valence electrons. The molecule has 2 heterocycles. The van der Waals surface area contributed by atoms with Gasteiger partial charge in [0.05, 0.1) is 0 Å².